The van der Waals surface area contributed by atoms with Crippen LogP contribution in [-0.2, 0) is 14.3 Å². The predicted molar refractivity (Wildman–Crippen MR) is 110 cm³/mol. The average molecular weight is 418 g/mol. The first kappa shape index (κ1) is 20.3. The number of aryl methyl sites for hydroxylation is 1. The predicted octanol–water partition coefficient (Wildman–Crippen LogP) is 2.03. The fourth-order valence-corrected chi connectivity index (χ4v) is 4.95. The van der Waals surface area contributed by atoms with E-state index in [2.05, 4.69) is 15.5 Å². The summed E-state index contributed by atoms with van der Waals surface area (Å²) in [6, 6.07) is 0. The van der Waals surface area contributed by atoms with Crippen molar-refractivity contribution in [1.29, 1.82) is 0 Å². The van der Waals surface area contributed by atoms with Crippen LogP contribution in [0.3, 0.4) is 0 Å². The van der Waals surface area contributed by atoms with Gasteiger partial charge < -0.3 is 9.64 Å². The molecule has 156 valence electrons. The Labute approximate surface area is 174 Å². The maximum Gasteiger partial charge on any atom is 0.270 e. The number of thioether (sulfide) groups is 1. The molecular formula is C20H27N5O3S. The molecule has 2 atom stereocenters. The fraction of sp³-hybridized carbons (Fsp3) is 0.650. The smallest absolute Gasteiger partial charge is 0.270 e. The lowest BCUT2D eigenvalue weighted by molar-refractivity contribution is -0.125. The Morgan fingerprint density at radius 1 is 1.34 bits per heavy atom. The summed E-state index contributed by atoms with van der Waals surface area (Å²) in [5, 5.41) is 4.74. The molecule has 0 spiro atoms. The van der Waals surface area contributed by atoms with E-state index >= 15 is 0 Å². The maximum absolute atomic E-state index is 12.8. The highest BCUT2D eigenvalue weighted by molar-refractivity contribution is 7.99. The van der Waals surface area contributed by atoms with Gasteiger partial charge in [-0.3, -0.25) is 9.59 Å². The van der Waals surface area contributed by atoms with Gasteiger partial charge in [-0.25, -0.2) is 15.4 Å². The second-order valence-corrected chi connectivity index (χ2v) is 8.84. The second kappa shape index (κ2) is 9.21. The van der Waals surface area contributed by atoms with Crippen molar-refractivity contribution >= 4 is 29.3 Å². The number of aromatic nitrogens is 2. The molecule has 4 rings (SSSR count). The SMILES string of the molecule is Cc1cnc(SCC2CCCO2)nc1C1CCCN(C(=O)C2=NNC(=O)CC2)C1. The molecule has 0 bridgehead atoms. The normalized spacial score (nSPS) is 24.9. The minimum absolute atomic E-state index is 0.0746. The van der Waals surface area contributed by atoms with Crippen LogP contribution in [0.4, 0.5) is 0 Å². The minimum Gasteiger partial charge on any atom is -0.377 e. The lowest BCUT2D eigenvalue weighted by Crippen LogP contribution is -2.44. The first-order chi connectivity index (χ1) is 14.1. The summed E-state index contributed by atoms with van der Waals surface area (Å²) in [6.07, 6.45) is 7.08. The number of hydrogen-bond acceptors (Lipinski definition) is 7. The van der Waals surface area contributed by atoms with Gasteiger partial charge in [-0.15, -0.1) is 0 Å². The third-order valence-electron chi connectivity index (χ3n) is 5.66. The molecule has 9 heteroatoms. The third-order valence-corrected chi connectivity index (χ3v) is 6.65. The van der Waals surface area contributed by atoms with Crippen molar-refractivity contribution in [2.45, 2.75) is 62.6 Å². The zero-order valence-electron chi connectivity index (χ0n) is 16.7. The quantitative estimate of drug-likeness (QED) is 0.582. The number of rotatable bonds is 5. The molecule has 0 saturated carbocycles. The molecule has 2 saturated heterocycles. The third kappa shape index (κ3) is 4.95. The van der Waals surface area contributed by atoms with Crippen LogP contribution in [-0.4, -0.2) is 63.9 Å². The van der Waals surface area contributed by atoms with E-state index in [0.29, 0.717) is 37.7 Å². The highest BCUT2D eigenvalue weighted by Crippen LogP contribution is 2.30. The second-order valence-electron chi connectivity index (χ2n) is 7.85. The van der Waals surface area contributed by atoms with Crippen LogP contribution in [0.1, 0.15) is 55.7 Å². The van der Waals surface area contributed by atoms with Gasteiger partial charge in [-0.2, -0.15) is 5.10 Å². The van der Waals surface area contributed by atoms with E-state index in [0.717, 1.165) is 54.5 Å². The monoisotopic (exact) mass is 417 g/mol. The number of carbonyl (C=O) groups excluding carboxylic acids is 2. The van der Waals surface area contributed by atoms with Gasteiger partial charge >= 0.3 is 0 Å². The van der Waals surface area contributed by atoms with Crippen molar-refractivity contribution in [3.63, 3.8) is 0 Å². The van der Waals surface area contributed by atoms with Crippen molar-refractivity contribution in [3.8, 4) is 0 Å². The molecule has 0 aromatic carbocycles. The number of hydrazone groups is 1. The molecule has 3 aliphatic heterocycles. The Kier molecular flexibility index (Phi) is 6.44. The van der Waals surface area contributed by atoms with Crippen molar-refractivity contribution in [2.75, 3.05) is 25.4 Å². The largest absolute Gasteiger partial charge is 0.377 e. The van der Waals surface area contributed by atoms with Gasteiger partial charge in [0.2, 0.25) is 5.91 Å². The number of ether oxygens (including phenoxy) is 1. The Hall–Kier alpha value is -2.00. The van der Waals surface area contributed by atoms with Crippen molar-refractivity contribution in [1.82, 2.24) is 20.3 Å². The lowest BCUT2D eigenvalue weighted by atomic mass is 9.92. The van der Waals surface area contributed by atoms with Crippen LogP contribution in [0, 0.1) is 6.92 Å². The van der Waals surface area contributed by atoms with Crippen molar-refractivity contribution < 1.29 is 14.3 Å². The Morgan fingerprint density at radius 3 is 3.00 bits per heavy atom. The Balaban J connectivity index is 1.42. The van der Waals surface area contributed by atoms with E-state index in [9.17, 15) is 9.59 Å². The van der Waals surface area contributed by atoms with Crippen LogP contribution >= 0.6 is 11.8 Å². The van der Waals surface area contributed by atoms with Crippen LogP contribution in [0.25, 0.3) is 0 Å². The zero-order chi connectivity index (χ0) is 20.2. The van der Waals surface area contributed by atoms with Gasteiger partial charge in [0.15, 0.2) is 5.16 Å². The first-order valence-corrected chi connectivity index (χ1v) is 11.3. The number of nitrogens with one attached hydrogen (secondary N) is 1. The highest BCUT2D eigenvalue weighted by atomic mass is 32.2. The van der Waals surface area contributed by atoms with E-state index in [1.54, 1.807) is 11.8 Å². The lowest BCUT2D eigenvalue weighted by Gasteiger charge is -2.33. The molecule has 3 aliphatic rings. The van der Waals surface area contributed by atoms with Gasteiger partial charge in [0.25, 0.3) is 5.91 Å². The Morgan fingerprint density at radius 2 is 2.24 bits per heavy atom. The van der Waals surface area contributed by atoms with Crippen molar-refractivity contribution in [2.24, 2.45) is 5.10 Å². The molecule has 29 heavy (non-hydrogen) atoms. The number of likely N-dealkylation sites (tertiary alicyclic amines) is 1. The summed E-state index contributed by atoms with van der Waals surface area (Å²) in [5.74, 6) is 0.859. The van der Waals surface area contributed by atoms with Crippen LogP contribution in [0.2, 0.25) is 0 Å². The topological polar surface area (TPSA) is 96.8 Å². The molecule has 0 aliphatic carbocycles. The van der Waals surface area contributed by atoms with E-state index in [1.165, 1.54) is 0 Å². The van der Waals surface area contributed by atoms with Crippen LogP contribution < -0.4 is 5.43 Å². The molecular weight excluding hydrogens is 390 g/mol. The summed E-state index contributed by atoms with van der Waals surface area (Å²) in [4.78, 5) is 35.3. The standard InChI is InChI=1S/C20H27N5O3S/c1-13-10-21-20(29-12-15-5-3-9-28-15)22-18(13)14-4-2-8-25(11-14)19(27)16-6-7-17(26)24-23-16/h10,14-15H,2-9,11-12H2,1H3,(H,24,26). The number of nitrogens with zero attached hydrogens (tertiary/aromatic N) is 4. The number of amides is 2. The first-order valence-electron chi connectivity index (χ1n) is 10.3. The van der Waals surface area contributed by atoms with Crippen LogP contribution in [0.15, 0.2) is 16.5 Å². The highest BCUT2D eigenvalue weighted by Gasteiger charge is 2.30. The fourth-order valence-electron chi connectivity index (χ4n) is 4.06. The molecule has 8 nitrogen and oxygen atoms in total. The van der Waals surface area contributed by atoms with E-state index < -0.39 is 0 Å². The number of hydrogen-bond donors (Lipinski definition) is 1. The summed E-state index contributed by atoms with van der Waals surface area (Å²) < 4.78 is 5.69. The summed E-state index contributed by atoms with van der Waals surface area (Å²) in [6.45, 7) is 4.23. The van der Waals surface area contributed by atoms with Gasteiger partial charge in [-0.05, 0) is 38.2 Å². The molecule has 1 aromatic rings. The molecule has 2 amide bonds. The Bertz CT molecular complexity index is 809. The molecule has 4 heterocycles. The van der Waals surface area contributed by atoms with Gasteiger partial charge in [-0.1, -0.05) is 11.8 Å². The zero-order valence-corrected chi connectivity index (χ0v) is 17.5. The van der Waals surface area contributed by atoms with Gasteiger partial charge in [0.05, 0.1) is 11.8 Å². The average Bonchev–Trinajstić information content (AvgIpc) is 3.27. The number of piperidine rings is 1. The summed E-state index contributed by atoms with van der Waals surface area (Å²) in [5.41, 5.74) is 4.96. The molecule has 1 N–H and O–H groups in total. The van der Waals surface area contributed by atoms with Crippen molar-refractivity contribution in [3.05, 3.63) is 17.5 Å². The summed E-state index contributed by atoms with van der Waals surface area (Å²) in [7, 11) is 0. The van der Waals surface area contributed by atoms with E-state index in [-0.39, 0.29) is 17.7 Å². The maximum atomic E-state index is 12.8. The number of carbonyl (C=O) groups is 2. The molecule has 2 unspecified atom stereocenters. The van der Waals surface area contributed by atoms with E-state index in [1.807, 2.05) is 18.0 Å². The molecule has 0 radical (unpaired) electrons. The summed E-state index contributed by atoms with van der Waals surface area (Å²) >= 11 is 1.65. The molecule has 1 aromatic heterocycles. The molecule has 2 fully saturated rings. The minimum atomic E-state index is -0.136. The van der Waals surface area contributed by atoms with Gasteiger partial charge in [0.1, 0.15) is 5.71 Å². The van der Waals surface area contributed by atoms with Crippen LogP contribution in [0.5, 0.6) is 0 Å². The van der Waals surface area contributed by atoms with E-state index in [4.69, 9.17) is 9.72 Å². The van der Waals surface area contributed by atoms with Gasteiger partial charge in [0, 0.05) is 50.4 Å².